The van der Waals surface area contributed by atoms with Crippen molar-refractivity contribution in [2.24, 2.45) is 0 Å². The van der Waals surface area contributed by atoms with Crippen molar-refractivity contribution in [1.82, 2.24) is 20.1 Å². The third-order valence-corrected chi connectivity index (χ3v) is 4.67. The first-order valence-electron chi connectivity index (χ1n) is 8.22. The molecule has 134 valence electrons. The molecule has 0 unspecified atom stereocenters. The molecule has 0 fully saturated rings. The van der Waals surface area contributed by atoms with Gasteiger partial charge in [-0.25, -0.2) is 0 Å². The Morgan fingerprint density at radius 3 is 2.85 bits per heavy atom. The number of fused-ring (bicyclic) bond motifs is 1. The number of methoxy groups -OCH3 is 1. The summed E-state index contributed by atoms with van der Waals surface area (Å²) in [5.41, 5.74) is 3.33. The van der Waals surface area contributed by atoms with Crippen molar-refractivity contribution in [1.29, 1.82) is 0 Å². The van der Waals surface area contributed by atoms with Crippen molar-refractivity contribution in [2.75, 3.05) is 13.7 Å². The van der Waals surface area contributed by atoms with Gasteiger partial charge in [0.05, 0.1) is 7.11 Å². The Bertz CT molecular complexity index is 981. The number of benzene rings is 1. The molecule has 0 amide bonds. The Morgan fingerprint density at radius 2 is 2.12 bits per heavy atom. The van der Waals surface area contributed by atoms with E-state index in [0.29, 0.717) is 5.56 Å². The van der Waals surface area contributed by atoms with E-state index in [9.17, 15) is 4.79 Å². The maximum atomic E-state index is 12.3. The lowest BCUT2D eigenvalue weighted by atomic mass is 10.0. The maximum absolute atomic E-state index is 12.3. The number of halogens is 1. The van der Waals surface area contributed by atoms with E-state index in [4.69, 9.17) is 20.8 Å². The van der Waals surface area contributed by atoms with Gasteiger partial charge >= 0.3 is 6.08 Å². The summed E-state index contributed by atoms with van der Waals surface area (Å²) < 4.78 is 10.2. The minimum absolute atomic E-state index is 0.0292. The molecular weight excluding hydrogens is 356 g/mol. The van der Waals surface area contributed by atoms with Crippen LogP contribution in [0, 0.1) is 0 Å². The number of pyridine rings is 1. The third kappa shape index (κ3) is 3.36. The second-order valence-corrected chi connectivity index (χ2v) is 6.62. The number of ether oxygens (including phenoxy) is 1. The fourth-order valence-corrected chi connectivity index (χ4v) is 3.23. The zero-order valence-electron chi connectivity index (χ0n) is 14.2. The van der Waals surface area contributed by atoms with Crippen molar-refractivity contribution < 1.29 is 9.15 Å². The van der Waals surface area contributed by atoms with Gasteiger partial charge in [0.15, 0.2) is 0 Å². The molecule has 0 atom stereocenters. The van der Waals surface area contributed by atoms with E-state index in [2.05, 4.69) is 20.1 Å². The summed E-state index contributed by atoms with van der Waals surface area (Å²) in [7, 11) is 1.43. The lowest BCUT2D eigenvalue weighted by molar-refractivity contribution is 0.243. The first-order chi connectivity index (χ1) is 12.6. The predicted molar refractivity (Wildman–Crippen MR) is 96.2 cm³/mol. The second kappa shape index (κ2) is 6.93. The number of aromatic nitrogens is 3. The zero-order valence-corrected chi connectivity index (χ0v) is 14.9. The highest BCUT2D eigenvalue weighted by atomic mass is 35.5. The van der Waals surface area contributed by atoms with Gasteiger partial charge < -0.3 is 14.1 Å². The number of rotatable bonds is 4. The van der Waals surface area contributed by atoms with Gasteiger partial charge in [-0.15, -0.1) is 5.10 Å². The standard InChI is InChI=1S/C18H17ClN4O3/c1-25-18-22-21-17(26-18)14-8-12-10-23(7-6-15(12)20-16(14)24)9-11-2-4-13(19)5-3-11/h2-5,8H,6-7,9-10H2,1H3,(H,20,24). The molecule has 0 saturated carbocycles. The van der Waals surface area contributed by atoms with Crippen LogP contribution in [-0.2, 0) is 19.5 Å². The van der Waals surface area contributed by atoms with Crippen LogP contribution in [0.25, 0.3) is 11.5 Å². The van der Waals surface area contributed by atoms with Crippen LogP contribution in [0.5, 0.6) is 6.08 Å². The molecule has 26 heavy (non-hydrogen) atoms. The minimum Gasteiger partial charge on any atom is -0.452 e. The van der Waals surface area contributed by atoms with E-state index < -0.39 is 0 Å². The Hall–Kier alpha value is -2.64. The first kappa shape index (κ1) is 16.8. The van der Waals surface area contributed by atoms with Crippen molar-refractivity contribution in [2.45, 2.75) is 19.5 Å². The summed E-state index contributed by atoms with van der Waals surface area (Å²) in [5, 5.41) is 8.33. The average molecular weight is 373 g/mol. The van der Waals surface area contributed by atoms with E-state index in [1.807, 2.05) is 30.3 Å². The van der Waals surface area contributed by atoms with E-state index in [1.165, 1.54) is 12.7 Å². The van der Waals surface area contributed by atoms with Crippen molar-refractivity contribution in [3.63, 3.8) is 0 Å². The molecule has 3 aromatic rings. The molecule has 3 heterocycles. The Balaban J connectivity index is 1.58. The van der Waals surface area contributed by atoms with Gasteiger partial charge in [0.2, 0.25) is 0 Å². The number of aromatic amines is 1. The highest BCUT2D eigenvalue weighted by Crippen LogP contribution is 2.24. The van der Waals surface area contributed by atoms with Crippen LogP contribution < -0.4 is 10.3 Å². The summed E-state index contributed by atoms with van der Waals surface area (Å²) in [4.78, 5) is 17.6. The van der Waals surface area contributed by atoms with Crippen LogP contribution >= 0.6 is 11.6 Å². The van der Waals surface area contributed by atoms with E-state index in [0.717, 1.165) is 42.3 Å². The number of nitrogens with zero attached hydrogens (tertiary/aromatic N) is 3. The molecule has 7 nitrogen and oxygen atoms in total. The average Bonchev–Trinajstić information content (AvgIpc) is 3.12. The normalized spacial score (nSPS) is 14.2. The molecule has 0 radical (unpaired) electrons. The monoisotopic (exact) mass is 372 g/mol. The summed E-state index contributed by atoms with van der Waals surface area (Å²) in [6.45, 7) is 2.42. The molecule has 2 aromatic heterocycles. The minimum atomic E-state index is -0.235. The van der Waals surface area contributed by atoms with E-state index in [-0.39, 0.29) is 17.5 Å². The van der Waals surface area contributed by atoms with Crippen LogP contribution in [0.3, 0.4) is 0 Å². The number of hydrogen-bond acceptors (Lipinski definition) is 6. The van der Waals surface area contributed by atoms with Crippen LogP contribution in [0.2, 0.25) is 5.02 Å². The smallest absolute Gasteiger partial charge is 0.414 e. The maximum Gasteiger partial charge on any atom is 0.414 e. The Morgan fingerprint density at radius 1 is 1.31 bits per heavy atom. The highest BCUT2D eigenvalue weighted by molar-refractivity contribution is 6.30. The lowest BCUT2D eigenvalue weighted by Crippen LogP contribution is -2.32. The first-order valence-corrected chi connectivity index (χ1v) is 8.60. The number of H-pyrrole nitrogens is 1. The van der Waals surface area contributed by atoms with Crippen LogP contribution in [-0.4, -0.2) is 33.7 Å². The van der Waals surface area contributed by atoms with Gasteiger partial charge in [-0.2, -0.15) is 0 Å². The topological polar surface area (TPSA) is 84.2 Å². The van der Waals surface area contributed by atoms with E-state index in [1.54, 1.807) is 0 Å². The molecule has 0 aliphatic carbocycles. The van der Waals surface area contributed by atoms with Gasteiger partial charge in [0.1, 0.15) is 5.56 Å². The zero-order chi connectivity index (χ0) is 18.1. The van der Waals surface area contributed by atoms with Gasteiger partial charge in [-0.1, -0.05) is 28.8 Å². The quantitative estimate of drug-likeness (QED) is 0.758. The molecule has 8 heteroatoms. The van der Waals surface area contributed by atoms with Crippen molar-refractivity contribution >= 4 is 11.6 Å². The Labute approximate surface area is 154 Å². The van der Waals surface area contributed by atoms with Crippen molar-refractivity contribution in [3.8, 4) is 17.5 Å². The van der Waals surface area contributed by atoms with Crippen LogP contribution in [0.4, 0.5) is 0 Å². The summed E-state index contributed by atoms with van der Waals surface area (Å²) >= 11 is 5.95. The molecule has 1 aliphatic rings. The second-order valence-electron chi connectivity index (χ2n) is 6.18. The highest BCUT2D eigenvalue weighted by Gasteiger charge is 2.21. The Kier molecular flexibility index (Phi) is 4.48. The molecule has 1 aromatic carbocycles. The number of nitrogens with one attached hydrogen (secondary N) is 1. The molecule has 0 saturated heterocycles. The predicted octanol–water partition coefficient (Wildman–Crippen LogP) is 2.65. The van der Waals surface area contributed by atoms with Crippen LogP contribution in [0.1, 0.15) is 16.8 Å². The largest absolute Gasteiger partial charge is 0.452 e. The van der Waals surface area contributed by atoms with Gasteiger partial charge in [-0.05, 0) is 29.3 Å². The lowest BCUT2D eigenvalue weighted by Gasteiger charge is -2.28. The summed E-state index contributed by atoms with van der Waals surface area (Å²) in [5.74, 6) is 0.153. The summed E-state index contributed by atoms with van der Waals surface area (Å²) in [6.07, 6.45) is 0.812. The molecule has 4 rings (SSSR count). The van der Waals surface area contributed by atoms with Crippen LogP contribution in [0.15, 0.2) is 39.5 Å². The van der Waals surface area contributed by atoms with Gasteiger partial charge in [0, 0.05) is 36.8 Å². The fourth-order valence-electron chi connectivity index (χ4n) is 3.11. The molecule has 1 N–H and O–H groups in total. The van der Waals surface area contributed by atoms with Crippen molar-refractivity contribution in [3.05, 3.63) is 62.5 Å². The fraction of sp³-hybridized carbons (Fsp3) is 0.278. The summed E-state index contributed by atoms with van der Waals surface area (Å²) in [6, 6.07) is 9.68. The third-order valence-electron chi connectivity index (χ3n) is 4.42. The SMILES string of the molecule is COc1nnc(-c2cc3c([nH]c2=O)CCN(Cc2ccc(Cl)cc2)C3)o1. The molecule has 0 spiro atoms. The molecular formula is C18H17ClN4O3. The van der Waals surface area contributed by atoms with Gasteiger partial charge in [-0.3, -0.25) is 9.69 Å². The van der Waals surface area contributed by atoms with Gasteiger partial charge in [0.25, 0.3) is 11.4 Å². The van der Waals surface area contributed by atoms with E-state index >= 15 is 0 Å². The molecule has 1 aliphatic heterocycles. The molecule has 0 bridgehead atoms. The number of hydrogen-bond donors (Lipinski definition) is 1.